The summed E-state index contributed by atoms with van der Waals surface area (Å²) in [5.74, 6) is 4.33. The number of ether oxygens (including phenoxy) is 3. The van der Waals surface area contributed by atoms with Crippen molar-refractivity contribution in [3.8, 4) is 5.75 Å². The number of fused-ring (bicyclic) bond motifs is 2. The molecule has 2 aromatic heterocycles. The third-order valence-electron chi connectivity index (χ3n) is 12.2. The van der Waals surface area contributed by atoms with Gasteiger partial charge in [0.1, 0.15) is 42.7 Å². The van der Waals surface area contributed by atoms with E-state index in [0.717, 1.165) is 70.7 Å². The minimum atomic E-state index is -0.247. The first-order valence-corrected chi connectivity index (χ1v) is 20.2. The van der Waals surface area contributed by atoms with E-state index in [2.05, 4.69) is 79.0 Å². The average Bonchev–Trinajstić information content (AvgIpc) is 3.63. The Hall–Kier alpha value is -3.88. The predicted molar refractivity (Wildman–Crippen MR) is 210 cm³/mol. The van der Waals surface area contributed by atoms with Crippen molar-refractivity contribution in [2.45, 2.75) is 138 Å². The lowest BCUT2D eigenvalue weighted by Crippen LogP contribution is -2.41. The molecule has 9 nitrogen and oxygen atoms in total. The Bertz CT molecular complexity index is 1920. The maximum absolute atomic E-state index is 13.9. The molecule has 0 radical (unpaired) electrons. The van der Waals surface area contributed by atoms with Gasteiger partial charge in [-0.2, -0.15) is 0 Å². The summed E-state index contributed by atoms with van der Waals surface area (Å²) in [6, 6.07) is 10.2. The summed E-state index contributed by atoms with van der Waals surface area (Å²) in [7, 11) is 1.65. The number of rotatable bonds is 12. The van der Waals surface area contributed by atoms with E-state index in [-0.39, 0.29) is 55.0 Å². The molecular formula is C44H62N4O5. The Morgan fingerprint density at radius 3 is 2.08 bits per heavy atom. The van der Waals surface area contributed by atoms with Gasteiger partial charge in [-0.05, 0) is 97.4 Å². The van der Waals surface area contributed by atoms with E-state index in [9.17, 15) is 9.59 Å². The third kappa shape index (κ3) is 8.14. The highest BCUT2D eigenvalue weighted by molar-refractivity contribution is 5.84. The Morgan fingerprint density at radius 1 is 0.792 bits per heavy atom. The number of hydrogen-bond acceptors (Lipinski definition) is 7. The molecule has 53 heavy (non-hydrogen) atoms. The zero-order valence-corrected chi connectivity index (χ0v) is 33.8. The van der Waals surface area contributed by atoms with Gasteiger partial charge in [-0.15, -0.1) is 0 Å². The van der Waals surface area contributed by atoms with Gasteiger partial charge in [0.2, 0.25) is 0 Å². The number of aromatic nitrogens is 4. The Morgan fingerprint density at radius 2 is 1.43 bits per heavy atom. The Labute approximate surface area is 316 Å². The number of imidazole rings is 2. The average molecular weight is 727 g/mol. The van der Waals surface area contributed by atoms with Gasteiger partial charge in [0.05, 0.1) is 29.2 Å². The number of benzene rings is 2. The molecule has 0 bridgehead atoms. The SMILES string of the molecule is CCc1nc2ccc(OC)cc2n1CC(=O)O[C@@H]1CC(C)CC(c2cc(C)cc3c2nc(CC)n3CC(=O)O[C@@H]2CC(C)CCC2C(C)C)C1C(C)C. The molecule has 0 amide bonds. The minimum absolute atomic E-state index is 0.0394. The molecule has 9 heteroatoms. The van der Waals surface area contributed by atoms with Gasteiger partial charge < -0.3 is 23.3 Å². The third-order valence-corrected chi connectivity index (χ3v) is 12.2. The van der Waals surface area contributed by atoms with E-state index < -0.39 is 0 Å². The molecular weight excluding hydrogens is 665 g/mol. The van der Waals surface area contributed by atoms with Crippen molar-refractivity contribution in [3.63, 3.8) is 0 Å². The van der Waals surface area contributed by atoms with Crippen LogP contribution in [0.4, 0.5) is 0 Å². The fraction of sp³-hybridized carbons (Fsp3) is 0.636. The van der Waals surface area contributed by atoms with Crippen LogP contribution >= 0.6 is 0 Å². The molecule has 2 heterocycles. The van der Waals surface area contributed by atoms with Gasteiger partial charge in [0.15, 0.2) is 0 Å². The topological polar surface area (TPSA) is 97.5 Å². The molecule has 5 unspecified atom stereocenters. The van der Waals surface area contributed by atoms with E-state index in [4.69, 9.17) is 24.2 Å². The van der Waals surface area contributed by atoms with Gasteiger partial charge in [-0.1, -0.05) is 67.9 Å². The van der Waals surface area contributed by atoms with Crippen LogP contribution in [-0.2, 0) is 45.0 Å². The molecule has 2 aliphatic carbocycles. The fourth-order valence-electron chi connectivity index (χ4n) is 9.67. The van der Waals surface area contributed by atoms with Crippen molar-refractivity contribution < 1.29 is 23.8 Å². The van der Waals surface area contributed by atoms with Crippen molar-refractivity contribution in [1.29, 1.82) is 0 Å². The molecule has 0 spiro atoms. The Balaban J connectivity index is 1.28. The van der Waals surface area contributed by atoms with Crippen molar-refractivity contribution in [2.24, 2.45) is 35.5 Å². The molecule has 2 fully saturated rings. The molecule has 4 aromatic rings. The molecule has 2 aliphatic rings. The zero-order valence-electron chi connectivity index (χ0n) is 33.8. The second-order valence-electron chi connectivity index (χ2n) is 16.9. The second kappa shape index (κ2) is 16.2. The van der Waals surface area contributed by atoms with Crippen LogP contribution in [0.15, 0.2) is 30.3 Å². The first-order valence-electron chi connectivity index (χ1n) is 20.2. The number of esters is 2. The van der Waals surface area contributed by atoms with Gasteiger partial charge in [0.25, 0.3) is 0 Å². The van der Waals surface area contributed by atoms with Crippen LogP contribution < -0.4 is 4.74 Å². The van der Waals surface area contributed by atoms with Gasteiger partial charge in [-0.25, -0.2) is 9.97 Å². The summed E-state index contributed by atoms with van der Waals surface area (Å²) >= 11 is 0. The zero-order chi connectivity index (χ0) is 38.1. The van der Waals surface area contributed by atoms with Crippen LogP contribution in [-0.4, -0.2) is 50.4 Å². The summed E-state index contributed by atoms with van der Waals surface area (Å²) in [4.78, 5) is 37.6. The second-order valence-corrected chi connectivity index (χ2v) is 16.9. The van der Waals surface area contributed by atoms with Crippen LogP contribution in [0.1, 0.15) is 116 Å². The van der Waals surface area contributed by atoms with Crippen LogP contribution in [0, 0.1) is 42.4 Å². The monoisotopic (exact) mass is 726 g/mol. The van der Waals surface area contributed by atoms with Gasteiger partial charge in [0, 0.05) is 24.8 Å². The van der Waals surface area contributed by atoms with E-state index >= 15 is 0 Å². The van der Waals surface area contributed by atoms with E-state index in [1.54, 1.807) is 7.11 Å². The smallest absolute Gasteiger partial charge is 0.326 e. The van der Waals surface area contributed by atoms with Gasteiger partial charge >= 0.3 is 11.9 Å². The van der Waals surface area contributed by atoms with Crippen molar-refractivity contribution in [2.75, 3.05) is 7.11 Å². The molecule has 2 saturated carbocycles. The highest BCUT2D eigenvalue weighted by Gasteiger charge is 2.42. The first-order chi connectivity index (χ1) is 25.3. The molecule has 6 rings (SSSR count). The number of carbonyl (C=O) groups excluding carboxylic acids is 2. The number of methoxy groups -OCH3 is 1. The van der Waals surface area contributed by atoms with Crippen LogP contribution in [0.2, 0.25) is 0 Å². The number of nitrogens with zero attached hydrogens (tertiary/aromatic N) is 4. The standard InChI is InChI=1S/C44H62N4O5/c1-11-39-45-34-16-14-30(51-10)22-35(34)47(39)23-42(50)53-38-21-29(9)17-32(43(38)26(5)6)33-18-28(8)19-36-44(33)46-40(12-2)48(36)24-41(49)52-37-20-27(7)13-15-31(37)25(3)4/h14,16,18-19,22,25-27,29,31-32,37-38,43H,11-13,15,17,20-21,23-24H2,1-10H3/t27?,29?,31?,32?,37-,38-,43?/m1/s1. The fourth-order valence-corrected chi connectivity index (χ4v) is 9.67. The highest BCUT2D eigenvalue weighted by atomic mass is 16.5. The number of hydrogen-bond donors (Lipinski definition) is 0. The lowest BCUT2D eigenvalue weighted by Gasteiger charge is -2.43. The van der Waals surface area contributed by atoms with E-state index in [1.165, 1.54) is 12.0 Å². The maximum atomic E-state index is 13.9. The molecule has 2 aromatic carbocycles. The molecule has 0 aliphatic heterocycles. The number of carbonyl (C=O) groups is 2. The van der Waals surface area contributed by atoms with Crippen molar-refractivity contribution in [3.05, 3.63) is 53.1 Å². The summed E-state index contributed by atoms with van der Waals surface area (Å²) in [6.07, 6.45) is 6.16. The highest BCUT2D eigenvalue weighted by Crippen LogP contribution is 2.47. The predicted octanol–water partition coefficient (Wildman–Crippen LogP) is 9.23. The van der Waals surface area contributed by atoms with Crippen LogP contribution in [0.25, 0.3) is 22.1 Å². The van der Waals surface area contributed by atoms with Gasteiger partial charge in [-0.3, -0.25) is 9.59 Å². The van der Waals surface area contributed by atoms with Crippen LogP contribution in [0.3, 0.4) is 0 Å². The lowest BCUT2D eigenvalue weighted by atomic mass is 9.65. The largest absolute Gasteiger partial charge is 0.497 e. The normalized spacial score (nSPS) is 25.0. The summed E-state index contributed by atoms with van der Waals surface area (Å²) in [5.41, 5.74) is 5.97. The minimum Gasteiger partial charge on any atom is -0.497 e. The Kier molecular flexibility index (Phi) is 11.9. The lowest BCUT2D eigenvalue weighted by molar-refractivity contribution is -0.158. The van der Waals surface area contributed by atoms with E-state index in [0.29, 0.717) is 36.5 Å². The van der Waals surface area contributed by atoms with Crippen molar-refractivity contribution in [1.82, 2.24) is 19.1 Å². The summed E-state index contributed by atoms with van der Waals surface area (Å²) < 4.78 is 22.3. The quantitative estimate of drug-likeness (QED) is 0.134. The summed E-state index contributed by atoms with van der Waals surface area (Å²) in [6.45, 7) is 20.1. The molecule has 0 saturated heterocycles. The summed E-state index contributed by atoms with van der Waals surface area (Å²) in [5, 5.41) is 0. The molecule has 7 atom stereocenters. The van der Waals surface area contributed by atoms with Crippen LogP contribution in [0.5, 0.6) is 5.75 Å². The first kappa shape index (κ1) is 38.8. The maximum Gasteiger partial charge on any atom is 0.326 e. The molecule has 288 valence electrons. The van der Waals surface area contributed by atoms with Crippen molar-refractivity contribution >= 4 is 34.0 Å². The number of aryl methyl sites for hydroxylation is 3. The molecule has 0 N–H and O–H groups in total. The van der Waals surface area contributed by atoms with E-state index in [1.807, 2.05) is 22.8 Å².